The van der Waals surface area contributed by atoms with E-state index >= 15 is 0 Å². The number of benzene rings is 3. The summed E-state index contributed by atoms with van der Waals surface area (Å²) in [6.07, 6.45) is 3.24. The van der Waals surface area contributed by atoms with Crippen LogP contribution < -0.4 is 4.74 Å². The van der Waals surface area contributed by atoms with Crippen LogP contribution >= 0.6 is 0 Å². The minimum absolute atomic E-state index is 0.00961. The lowest BCUT2D eigenvalue weighted by Crippen LogP contribution is -2.29. The molecule has 0 saturated carbocycles. The number of hydrogen-bond acceptors (Lipinski definition) is 6. The Balaban J connectivity index is 1.48. The standard InChI is InChI=1S/C31H26N2O5/c1-20-6-2-3-8-24(20)19-38-26-13-11-22(12-14-26)29(35)27-28(23-9-4-10-25(34)16-23)33(31(37)30(27)36)18-21-7-5-15-32-17-21/h2-17,28,34-35H,18-19H2,1H3/t28-/m1/s1. The number of aliphatic hydroxyl groups excluding tert-OH is 1. The van der Waals surface area contributed by atoms with Crippen LogP contribution in [0.15, 0.2) is 103 Å². The first-order chi connectivity index (χ1) is 18.4. The van der Waals surface area contributed by atoms with Crippen molar-refractivity contribution in [2.24, 2.45) is 0 Å². The molecule has 1 aromatic heterocycles. The van der Waals surface area contributed by atoms with Gasteiger partial charge in [-0.05, 0) is 71.6 Å². The van der Waals surface area contributed by atoms with Gasteiger partial charge in [0.1, 0.15) is 23.9 Å². The Hall–Kier alpha value is -4.91. The lowest BCUT2D eigenvalue weighted by atomic mass is 9.95. The maximum absolute atomic E-state index is 13.2. The fourth-order valence-electron chi connectivity index (χ4n) is 4.57. The van der Waals surface area contributed by atoms with Gasteiger partial charge in [-0.1, -0.05) is 42.5 Å². The summed E-state index contributed by atoms with van der Waals surface area (Å²) in [5.41, 5.74) is 3.77. The van der Waals surface area contributed by atoms with Crippen LogP contribution in [0.5, 0.6) is 11.5 Å². The maximum Gasteiger partial charge on any atom is 0.295 e. The summed E-state index contributed by atoms with van der Waals surface area (Å²) in [6, 6.07) is 23.7. The number of aryl methyl sites for hydroxylation is 1. The summed E-state index contributed by atoms with van der Waals surface area (Å²) >= 11 is 0. The molecular formula is C31H26N2O5. The van der Waals surface area contributed by atoms with E-state index in [1.807, 2.05) is 37.3 Å². The number of carbonyl (C=O) groups is 2. The molecule has 0 spiro atoms. The topological polar surface area (TPSA) is 100.0 Å². The van der Waals surface area contributed by atoms with E-state index in [1.54, 1.807) is 54.9 Å². The highest BCUT2D eigenvalue weighted by Crippen LogP contribution is 2.41. The van der Waals surface area contributed by atoms with Crippen LogP contribution in [0.2, 0.25) is 0 Å². The summed E-state index contributed by atoms with van der Waals surface area (Å²) in [4.78, 5) is 31.9. The highest BCUT2D eigenvalue weighted by molar-refractivity contribution is 6.46. The van der Waals surface area contributed by atoms with Crippen molar-refractivity contribution >= 4 is 17.4 Å². The van der Waals surface area contributed by atoms with Gasteiger partial charge in [0.15, 0.2) is 0 Å². The molecule has 2 N–H and O–H groups in total. The molecule has 7 nitrogen and oxygen atoms in total. The highest BCUT2D eigenvalue weighted by Gasteiger charge is 2.46. The Morgan fingerprint density at radius 3 is 2.47 bits per heavy atom. The van der Waals surface area contributed by atoms with E-state index in [4.69, 9.17) is 4.74 Å². The molecule has 1 aliphatic rings. The van der Waals surface area contributed by atoms with E-state index in [-0.39, 0.29) is 23.6 Å². The van der Waals surface area contributed by atoms with Gasteiger partial charge in [-0.2, -0.15) is 0 Å². The lowest BCUT2D eigenvalue weighted by molar-refractivity contribution is -0.140. The summed E-state index contributed by atoms with van der Waals surface area (Å²) in [5.74, 6) is -1.23. The molecule has 2 heterocycles. The molecule has 7 heteroatoms. The molecule has 0 radical (unpaired) electrons. The predicted molar refractivity (Wildman–Crippen MR) is 142 cm³/mol. The van der Waals surface area contributed by atoms with Gasteiger partial charge in [-0.15, -0.1) is 0 Å². The van der Waals surface area contributed by atoms with Gasteiger partial charge in [0.25, 0.3) is 11.7 Å². The molecule has 4 aromatic rings. The van der Waals surface area contributed by atoms with Gasteiger partial charge < -0.3 is 19.8 Å². The van der Waals surface area contributed by atoms with Crippen molar-refractivity contribution in [3.05, 3.63) is 131 Å². The van der Waals surface area contributed by atoms with Gasteiger partial charge >= 0.3 is 0 Å². The number of aromatic hydroxyl groups is 1. The Morgan fingerprint density at radius 2 is 1.76 bits per heavy atom. The Labute approximate surface area is 220 Å². The number of amides is 1. The number of Topliss-reactive ketones (excluding diaryl/α,β-unsaturated/α-hetero) is 1. The van der Waals surface area contributed by atoms with Crippen LogP contribution in [0.3, 0.4) is 0 Å². The number of pyridine rings is 1. The average Bonchev–Trinajstić information content (AvgIpc) is 3.18. The van der Waals surface area contributed by atoms with Gasteiger partial charge in [-0.3, -0.25) is 14.6 Å². The molecule has 3 aromatic carbocycles. The molecule has 0 unspecified atom stereocenters. The first kappa shape index (κ1) is 24.8. The monoisotopic (exact) mass is 506 g/mol. The second-order valence-corrected chi connectivity index (χ2v) is 9.12. The molecule has 38 heavy (non-hydrogen) atoms. The van der Waals surface area contributed by atoms with Crippen molar-refractivity contribution in [3.8, 4) is 11.5 Å². The van der Waals surface area contributed by atoms with E-state index in [0.29, 0.717) is 23.5 Å². The number of carbonyl (C=O) groups excluding carboxylic acids is 2. The van der Waals surface area contributed by atoms with Crippen molar-refractivity contribution in [1.29, 1.82) is 0 Å². The number of aromatic nitrogens is 1. The van der Waals surface area contributed by atoms with E-state index in [0.717, 1.165) is 16.7 Å². The number of hydrogen-bond donors (Lipinski definition) is 2. The van der Waals surface area contributed by atoms with Crippen LogP contribution in [0.1, 0.15) is 33.9 Å². The molecule has 1 saturated heterocycles. The Kier molecular flexibility index (Phi) is 6.91. The van der Waals surface area contributed by atoms with Crippen LogP contribution in [0.4, 0.5) is 0 Å². The lowest BCUT2D eigenvalue weighted by Gasteiger charge is -2.25. The molecular weight excluding hydrogens is 480 g/mol. The van der Waals surface area contributed by atoms with E-state index in [1.165, 1.54) is 17.0 Å². The van der Waals surface area contributed by atoms with Crippen molar-refractivity contribution in [2.45, 2.75) is 26.1 Å². The largest absolute Gasteiger partial charge is 0.508 e. The fourth-order valence-corrected chi connectivity index (χ4v) is 4.57. The van der Waals surface area contributed by atoms with Gasteiger partial charge in [0.05, 0.1) is 11.6 Å². The van der Waals surface area contributed by atoms with Crippen LogP contribution in [0, 0.1) is 6.92 Å². The second kappa shape index (κ2) is 10.6. The zero-order valence-electron chi connectivity index (χ0n) is 20.7. The van der Waals surface area contributed by atoms with E-state index in [2.05, 4.69) is 4.98 Å². The normalized spacial score (nSPS) is 16.6. The fraction of sp³-hybridized carbons (Fsp3) is 0.129. The van der Waals surface area contributed by atoms with Crippen LogP contribution in [-0.2, 0) is 22.7 Å². The van der Waals surface area contributed by atoms with Gasteiger partial charge in [0, 0.05) is 24.5 Å². The minimum atomic E-state index is -0.890. The van der Waals surface area contributed by atoms with Gasteiger partial charge in [0.2, 0.25) is 0 Å². The number of ether oxygens (including phenoxy) is 1. The van der Waals surface area contributed by atoms with Gasteiger partial charge in [-0.25, -0.2) is 0 Å². The van der Waals surface area contributed by atoms with Crippen molar-refractivity contribution < 1.29 is 24.5 Å². The third-order valence-corrected chi connectivity index (χ3v) is 6.58. The number of aliphatic hydroxyl groups is 1. The summed E-state index contributed by atoms with van der Waals surface area (Å²) in [7, 11) is 0. The minimum Gasteiger partial charge on any atom is -0.508 e. The summed E-state index contributed by atoms with van der Waals surface area (Å²) in [5, 5.41) is 21.4. The average molecular weight is 507 g/mol. The number of ketones is 1. The quantitative estimate of drug-likeness (QED) is 0.201. The first-order valence-electron chi connectivity index (χ1n) is 12.2. The zero-order valence-corrected chi connectivity index (χ0v) is 20.7. The van der Waals surface area contributed by atoms with Crippen molar-refractivity contribution in [3.63, 3.8) is 0 Å². The first-order valence-corrected chi connectivity index (χ1v) is 12.2. The molecule has 190 valence electrons. The van der Waals surface area contributed by atoms with Crippen LogP contribution in [0.25, 0.3) is 5.76 Å². The van der Waals surface area contributed by atoms with Crippen molar-refractivity contribution in [2.75, 3.05) is 0 Å². The predicted octanol–water partition coefficient (Wildman–Crippen LogP) is 5.30. The second-order valence-electron chi connectivity index (χ2n) is 9.12. The van der Waals surface area contributed by atoms with E-state index < -0.39 is 17.7 Å². The maximum atomic E-state index is 13.2. The number of phenols is 1. The summed E-state index contributed by atoms with van der Waals surface area (Å²) < 4.78 is 5.90. The number of nitrogens with zero attached hydrogens (tertiary/aromatic N) is 2. The third-order valence-electron chi connectivity index (χ3n) is 6.58. The Morgan fingerprint density at radius 1 is 0.974 bits per heavy atom. The molecule has 0 aliphatic carbocycles. The number of phenolic OH excluding ortho intramolecular Hbond substituents is 1. The highest BCUT2D eigenvalue weighted by atomic mass is 16.5. The molecule has 1 atom stereocenters. The summed E-state index contributed by atoms with van der Waals surface area (Å²) in [6.45, 7) is 2.53. The molecule has 0 bridgehead atoms. The third kappa shape index (κ3) is 4.99. The van der Waals surface area contributed by atoms with Crippen LogP contribution in [-0.4, -0.2) is 31.8 Å². The molecule has 1 fully saturated rings. The molecule has 1 amide bonds. The molecule has 5 rings (SSSR count). The van der Waals surface area contributed by atoms with E-state index in [9.17, 15) is 19.8 Å². The smallest absolute Gasteiger partial charge is 0.295 e. The van der Waals surface area contributed by atoms with Crippen molar-refractivity contribution in [1.82, 2.24) is 9.88 Å². The number of likely N-dealkylation sites (tertiary alicyclic amines) is 1. The SMILES string of the molecule is Cc1ccccc1COc1ccc(C(O)=C2C(=O)C(=O)N(Cc3cccnc3)[C@@H]2c2cccc(O)c2)cc1. The number of rotatable bonds is 7. The zero-order chi connectivity index (χ0) is 26.6. The molecule has 1 aliphatic heterocycles. The Bertz CT molecular complexity index is 1510.